The predicted octanol–water partition coefficient (Wildman–Crippen LogP) is 4.88. The van der Waals surface area contributed by atoms with Crippen molar-refractivity contribution in [3.05, 3.63) is 60.2 Å². The second kappa shape index (κ2) is 7.29. The van der Waals surface area contributed by atoms with Crippen LogP contribution in [0.25, 0.3) is 10.8 Å². The zero-order valence-corrected chi connectivity index (χ0v) is 14.1. The Morgan fingerprint density at radius 2 is 1.77 bits per heavy atom. The van der Waals surface area contributed by atoms with Crippen LogP contribution in [0.1, 0.15) is 26.3 Å². The minimum atomic E-state index is 0.0686. The van der Waals surface area contributed by atoms with Gasteiger partial charge >= 0.3 is 0 Å². The van der Waals surface area contributed by atoms with E-state index >= 15 is 0 Å². The Morgan fingerprint density at radius 1 is 1.05 bits per heavy atom. The van der Waals surface area contributed by atoms with Crippen LogP contribution in [0.3, 0.4) is 0 Å². The maximum atomic E-state index is 3.21. The number of hydrogen-bond acceptors (Lipinski definition) is 1. The molecule has 0 saturated heterocycles. The molecule has 0 fully saturated rings. The van der Waals surface area contributed by atoms with Crippen LogP contribution in [0.15, 0.2) is 54.6 Å². The Balaban J connectivity index is 1.98. The van der Waals surface area contributed by atoms with Gasteiger partial charge in [0.2, 0.25) is 0 Å². The minimum Gasteiger partial charge on any atom is -0.298 e. The summed E-state index contributed by atoms with van der Waals surface area (Å²) in [6.45, 7) is 8.22. The van der Waals surface area contributed by atoms with Crippen molar-refractivity contribution in [1.29, 1.82) is 0 Å². The molecule has 0 atom stereocenters. The van der Waals surface area contributed by atoms with E-state index in [4.69, 9.17) is 0 Å². The molecule has 2 aromatic carbocycles. The SMILES string of the molecule is CN(C/C=C\C#CC(C)(C)C)Cc1cccc2ccccc12. The number of likely N-dealkylation sites (N-methyl/N-ethyl adjacent to an activating group) is 1. The van der Waals surface area contributed by atoms with Gasteiger partial charge in [0.15, 0.2) is 0 Å². The Kier molecular flexibility index (Phi) is 5.41. The van der Waals surface area contributed by atoms with Gasteiger partial charge in [-0.05, 0) is 50.2 Å². The molecule has 0 heterocycles. The van der Waals surface area contributed by atoms with Gasteiger partial charge in [0.25, 0.3) is 0 Å². The van der Waals surface area contributed by atoms with Crippen molar-refractivity contribution in [2.75, 3.05) is 13.6 Å². The highest BCUT2D eigenvalue weighted by molar-refractivity contribution is 5.85. The number of benzene rings is 2. The fraction of sp³-hybridized carbons (Fsp3) is 0.333. The van der Waals surface area contributed by atoms with Crippen LogP contribution in [0, 0.1) is 17.3 Å². The van der Waals surface area contributed by atoms with E-state index in [0.29, 0.717) is 0 Å². The van der Waals surface area contributed by atoms with Gasteiger partial charge in [-0.25, -0.2) is 0 Å². The summed E-state index contributed by atoms with van der Waals surface area (Å²) in [7, 11) is 2.14. The molecule has 0 saturated carbocycles. The van der Waals surface area contributed by atoms with Crippen molar-refractivity contribution in [2.24, 2.45) is 5.41 Å². The van der Waals surface area contributed by atoms with Crippen LogP contribution in [-0.4, -0.2) is 18.5 Å². The summed E-state index contributed by atoms with van der Waals surface area (Å²) >= 11 is 0. The molecule has 2 rings (SSSR count). The molecule has 22 heavy (non-hydrogen) atoms. The molecule has 1 nitrogen and oxygen atoms in total. The van der Waals surface area contributed by atoms with Gasteiger partial charge in [0, 0.05) is 18.5 Å². The average molecular weight is 291 g/mol. The number of hydrogen-bond donors (Lipinski definition) is 0. The van der Waals surface area contributed by atoms with Crippen molar-refractivity contribution < 1.29 is 0 Å². The Hall–Kier alpha value is -2.04. The molecule has 0 aliphatic carbocycles. The predicted molar refractivity (Wildman–Crippen MR) is 96.7 cm³/mol. The van der Waals surface area contributed by atoms with Gasteiger partial charge in [-0.3, -0.25) is 4.90 Å². The maximum absolute atomic E-state index is 3.21. The summed E-state index contributed by atoms with van der Waals surface area (Å²) in [5, 5.41) is 2.65. The van der Waals surface area contributed by atoms with Crippen molar-refractivity contribution in [2.45, 2.75) is 27.3 Å². The van der Waals surface area contributed by atoms with Crippen LogP contribution >= 0.6 is 0 Å². The maximum Gasteiger partial charge on any atom is 0.0240 e. The fourth-order valence-electron chi connectivity index (χ4n) is 2.34. The van der Waals surface area contributed by atoms with Crippen LogP contribution in [-0.2, 0) is 6.54 Å². The molecule has 2 aromatic rings. The molecule has 0 aliphatic rings. The average Bonchev–Trinajstić information content (AvgIpc) is 2.46. The van der Waals surface area contributed by atoms with E-state index < -0.39 is 0 Å². The van der Waals surface area contributed by atoms with E-state index in [-0.39, 0.29) is 5.41 Å². The molecule has 0 radical (unpaired) electrons. The number of nitrogens with zero attached hydrogens (tertiary/aromatic N) is 1. The standard InChI is InChI=1S/C21H25N/c1-21(2,3)15-8-5-9-16-22(4)17-19-13-10-12-18-11-6-7-14-20(18)19/h5-7,9-14H,16-17H2,1-4H3/b9-5-. The van der Waals surface area contributed by atoms with Crippen LogP contribution in [0.2, 0.25) is 0 Å². The van der Waals surface area contributed by atoms with Gasteiger partial charge < -0.3 is 0 Å². The van der Waals surface area contributed by atoms with Crippen LogP contribution in [0.4, 0.5) is 0 Å². The smallest absolute Gasteiger partial charge is 0.0240 e. The van der Waals surface area contributed by atoms with Gasteiger partial charge in [-0.2, -0.15) is 0 Å². The molecular weight excluding hydrogens is 266 g/mol. The molecule has 0 bridgehead atoms. The van der Waals surface area contributed by atoms with E-state index in [2.05, 4.69) is 93.1 Å². The summed E-state index contributed by atoms with van der Waals surface area (Å²) < 4.78 is 0. The molecular formula is C21H25N. The Labute approximate surface area is 134 Å². The fourth-order valence-corrected chi connectivity index (χ4v) is 2.34. The first-order valence-corrected chi connectivity index (χ1v) is 7.78. The zero-order valence-electron chi connectivity index (χ0n) is 14.1. The lowest BCUT2D eigenvalue weighted by Crippen LogP contribution is -2.17. The lowest BCUT2D eigenvalue weighted by molar-refractivity contribution is 0.365. The van der Waals surface area contributed by atoms with E-state index in [1.54, 1.807) is 0 Å². The first-order valence-electron chi connectivity index (χ1n) is 7.78. The topological polar surface area (TPSA) is 3.24 Å². The van der Waals surface area contributed by atoms with E-state index in [0.717, 1.165) is 13.1 Å². The molecule has 0 N–H and O–H groups in total. The lowest BCUT2D eigenvalue weighted by atomic mass is 9.98. The number of rotatable bonds is 4. The third kappa shape index (κ3) is 5.06. The molecule has 1 heteroatoms. The summed E-state index contributed by atoms with van der Waals surface area (Å²) in [5.41, 5.74) is 1.44. The third-order valence-corrected chi connectivity index (χ3v) is 3.39. The molecule has 114 valence electrons. The molecule has 0 amide bonds. The monoisotopic (exact) mass is 291 g/mol. The second-order valence-corrected chi connectivity index (χ2v) is 6.76. The second-order valence-electron chi connectivity index (χ2n) is 6.76. The van der Waals surface area contributed by atoms with Gasteiger partial charge in [-0.15, -0.1) is 0 Å². The van der Waals surface area contributed by atoms with Crippen LogP contribution in [0.5, 0.6) is 0 Å². The van der Waals surface area contributed by atoms with Crippen molar-refractivity contribution in [3.63, 3.8) is 0 Å². The van der Waals surface area contributed by atoms with Gasteiger partial charge in [-0.1, -0.05) is 60.4 Å². The third-order valence-electron chi connectivity index (χ3n) is 3.39. The van der Waals surface area contributed by atoms with Crippen molar-refractivity contribution >= 4 is 10.8 Å². The normalized spacial score (nSPS) is 11.9. The quantitative estimate of drug-likeness (QED) is 0.726. The summed E-state index contributed by atoms with van der Waals surface area (Å²) in [4.78, 5) is 2.30. The molecule has 0 aromatic heterocycles. The van der Waals surface area contributed by atoms with Crippen molar-refractivity contribution in [1.82, 2.24) is 4.90 Å². The highest BCUT2D eigenvalue weighted by Crippen LogP contribution is 2.19. The van der Waals surface area contributed by atoms with Crippen molar-refractivity contribution in [3.8, 4) is 11.8 Å². The van der Waals surface area contributed by atoms with Gasteiger partial charge in [0.05, 0.1) is 0 Å². The Bertz CT molecular complexity index is 702. The van der Waals surface area contributed by atoms with Crippen LogP contribution < -0.4 is 0 Å². The molecule has 0 spiro atoms. The minimum absolute atomic E-state index is 0.0686. The first kappa shape index (κ1) is 16.3. The molecule has 0 aliphatic heterocycles. The number of allylic oxidation sites excluding steroid dienone is 1. The zero-order chi connectivity index (χ0) is 16.0. The summed E-state index contributed by atoms with van der Waals surface area (Å²) in [6, 6.07) is 15.1. The van der Waals surface area contributed by atoms with E-state index in [1.807, 2.05) is 6.08 Å². The van der Waals surface area contributed by atoms with E-state index in [9.17, 15) is 0 Å². The first-order chi connectivity index (χ1) is 10.5. The van der Waals surface area contributed by atoms with Gasteiger partial charge in [0.1, 0.15) is 0 Å². The number of fused-ring (bicyclic) bond motifs is 1. The largest absolute Gasteiger partial charge is 0.298 e. The highest BCUT2D eigenvalue weighted by atomic mass is 15.1. The summed E-state index contributed by atoms with van der Waals surface area (Å²) in [5.74, 6) is 6.33. The Morgan fingerprint density at radius 3 is 2.55 bits per heavy atom. The van der Waals surface area contributed by atoms with E-state index in [1.165, 1.54) is 16.3 Å². The summed E-state index contributed by atoms with van der Waals surface area (Å²) in [6.07, 6.45) is 4.09. The highest BCUT2D eigenvalue weighted by Gasteiger charge is 2.03. The molecule has 0 unspecified atom stereocenters. The lowest BCUT2D eigenvalue weighted by Gasteiger charge is -2.15.